The van der Waals surface area contributed by atoms with E-state index in [-0.39, 0.29) is 23.8 Å². The van der Waals surface area contributed by atoms with Crippen LogP contribution in [0.25, 0.3) is 0 Å². The number of nitrogens with one attached hydrogen (secondary N) is 1. The lowest BCUT2D eigenvalue weighted by molar-refractivity contribution is 0.0589. The van der Waals surface area contributed by atoms with Gasteiger partial charge in [0, 0.05) is 18.3 Å². The summed E-state index contributed by atoms with van der Waals surface area (Å²) in [7, 11) is 2.86. The minimum absolute atomic E-state index is 0.104. The van der Waals surface area contributed by atoms with Gasteiger partial charge in [-0.3, -0.25) is 9.48 Å². The van der Waals surface area contributed by atoms with E-state index in [4.69, 9.17) is 21.1 Å². The van der Waals surface area contributed by atoms with Gasteiger partial charge >= 0.3 is 5.97 Å². The van der Waals surface area contributed by atoms with Gasteiger partial charge in [0.15, 0.2) is 18.1 Å². The Morgan fingerprint density at radius 1 is 1.25 bits per heavy atom. The zero-order chi connectivity index (χ0) is 20.3. The zero-order valence-corrected chi connectivity index (χ0v) is 16.2. The first kappa shape index (κ1) is 19.4. The number of aromatic nitrogens is 4. The molecule has 3 aromatic rings. The van der Waals surface area contributed by atoms with Crippen LogP contribution < -0.4 is 10.1 Å². The third-order valence-electron chi connectivity index (χ3n) is 3.87. The molecule has 9 nitrogen and oxygen atoms in total. The van der Waals surface area contributed by atoms with Gasteiger partial charge in [0.05, 0.1) is 18.5 Å². The normalized spacial score (nSPS) is 10.6. The number of carbonyl (C=O) groups excluding carboxylic acids is 2. The highest BCUT2D eigenvalue weighted by Crippen LogP contribution is 2.21. The van der Waals surface area contributed by atoms with Gasteiger partial charge in [-0.1, -0.05) is 17.7 Å². The summed E-state index contributed by atoms with van der Waals surface area (Å²) >= 11 is 5.91. The number of amides is 1. The van der Waals surface area contributed by atoms with E-state index in [0.29, 0.717) is 16.5 Å². The summed E-state index contributed by atoms with van der Waals surface area (Å²) in [6.45, 7) is 1.78. The highest BCUT2D eigenvalue weighted by molar-refractivity contribution is 6.30. The third kappa shape index (κ3) is 4.15. The van der Waals surface area contributed by atoms with Gasteiger partial charge in [0.25, 0.3) is 5.91 Å². The highest BCUT2D eigenvalue weighted by atomic mass is 35.5. The lowest BCUT2D eigenvalue weighted by atomic mass is 10.2. The fourth-order valence-electron chi connectivity index (χ4n) is 2.57. The molecular weight excluding hydrogens is 386 g/mol. The number of carbonyl (C=O) groups is 2. The average Bonchev–Trinajstić information content (AvgIpc) is 3.24. The Morgan fingerprint density at radius 2 is 2.04 bits per heavy atom. The minimum Gasteiger partial charge on any atom is -0.471 e. The van der Waals surface area contributed by atoms with Gasteiger partial charge < -0.3 is 14.8 Å². The predicted octanol–water partition coefficient (Wildman–Crippen LogP) is 2.65. The Bertz CT molecular complexity index is 1030. The Hall–Kier alpha value is -3.33. The van der Waals surface area contributed by atoms with Crippen molar-refractivity contribution in [2.45, 2.75) is 13.7 Å². The molecule has 1 aromatic carbocycles. The van der Waals surface area contributed by atoms with Crippen LogP contribution in [0.1, 0.15) is 26.7 Å². The van der Waals surface area contributed by atoms with Gasteiger partial charge in [0.2, 0.25) is 0 Å². The molecule has 0 spiro atoms. The number of esters is 1. The summed E-state index contributed by atoms with van der Waals surface area (Å²) in [5.41, 5.74) is 1.08. The Morgan fingerprint density at radius 3 is 2.75 bits per heavy atom. The largest absolute Gasteiger partial charge is 0.471 e. The average molecular weight is 404 g/mol. The van der Waals surface area contributed by atoms with Crippen LogP contribution in [0.15, 0.2) is 36.5 Å². The smallest absolute Gasteiger partial charge is 0.358 e. The van der Waals surface area contributed by atoms with Crippen LogP contribution in [0.3, 0.4) is 0 Å². The van der Waals surface area contributed by atoms with Gasteiger partial charge in [-0.15, -0.1) is 0 Å². The van der Waals surface area contributed by atoms with Gasteiger partial charge in [-0.2, -0.15) is 10.2 Å². The van der Waals surface area contributed by atoms with Crippen molar-refractivity contribution in [3.05, 3.63) is 58.6 Å². The molecule has 0 saturated carbocycles. The minimum atomic E-state index is -0.598. The molecule has 0 saturated heterocycles. The number of methoxy groups -OCH3 is 1. The van der Waals surface area contributed by atoms with Crippen LogP contribution >= 0.6 is 11.6 Å². The number of anilines is 1. The number of rotatable bonds is 6. The van der Waals surface area contributed by atoms with E-state index in [2.05, 4.69) is 15.5 Å². The summed E-state index contributed by atoms with van der Waals surface area (Å²) in [6.07, 6.45) is 1.61. The van der Waals surface area contributed by atoms with Crippen molar-refractivity contribution in [3.8, 4) is 5.75 Å². The molecule has 1 N–H and O–H groups in total. The first-order chi connectivity index (χ1) is 13.4. The molecule has 2 aromatic heterocycles. The van der Waals surface area contributed by atoms with E-state index >= 15 is 0 Å². The molecule has 28 heavy (non-hydrogen) atoms. The van der Waals surface area contributed by atoms with E-state index < -0.39 is 11.9 Å². The van der Waals surface area contributed by atoms with Crippen LogP contribution in [-0.2, 0) is 18.5 Å². The number of hydrogen-bond donors (Lipinski definition) is 1. The Labute approximate surface area is 165 Å². The second-order valence-corrected chi connectivity index (χ2v) is 6.29. The van der Waals surface area contributed by atoms with E-state index in [9.17, 15) is 9.59 Å². The zero-order valence-electron chi connectivity index (χ0n) is 15.5. The summed E-state index contributed by atoms with van der Waals surface area (Å²) in [4.78, 5) is 24.5. The fraction of sp³-hybridized carbons (Fsp3) is 0.222. The van der Waals surface area contributed by atoms with Crippen molar-refractivity contribution in [2.24, 2.45) is 7.05 Å². The van der Waals surface area contributed by atoms with Gasteiger partial charge in [0.1, 0.15) is 5.75 Å². The van der Waals surface area contributed by atoms with Crippen LogP contribution in [-0.4, -0.2) is 38.5 Å². The van der Waals surface area contributed by atoms with E-state index in [1.807, 2.05) is 0 Å². The molecule has 0 fully saturated rings. The monoisotopic (exact) mass is 403 g/mol. The van der Waals surface area contributed by atoms with Gasteiger partial charge in [-0.05, 0) is 31.2 Å². The SMILES string of the molecule is COC(=O)c1c(NC(=O)c2ccn(COc3cccc(Cl)c3)n2)c(C)nn1C. The number of benzene rings is 1. The first-order valence-electron chi connectivity index (χ1n) is 8.24. The molecule has 0 aliphatic rings. The highest BCUT2D eigenvalue weighted by Gasteiger charge is 2.23. The van der Waals surface area contributed by atoms with Crippen LogP contribution in [0, 0.1) is 6.92 Å². The van der Waals surface area contributed by atoms with E-state index in [1.165, 1.54) is 16.5 Å². The number of aryl methyl sites for hydroxylation is 2. The molecule has 0 atom stereocenters. The summed E-state index contributed by atoms with van der Waals surface area (Å²) in [6, 6.07) is 8.50. The van der Waals surface area contributed by atoms with Crippen molar-refractivity contribution in [3.63, 3.8) is 0 Å². The maximum atomic E-state index is 12.5. The predicted molar refractivity (Wildman–Crippen MR) is 102 cm³/mol. The number of nitrogens with zero attached hydrogens (tertiary/aromatic N) is 4. The van der Waals surface area contributed by atoms with Crippen LogP contribution in [0.4, 0.5) is 5.69 Å². The maximum absolute atomic E-state index is 12.5. The molecule has 0 unspecified atom stereocenters. The molecule has 0 radical (unpaired) electrons. The molecule has 0 aliphatic carbocycles. The van der Waals surface area contributed by atoms with E-state index in [1.54, 1.807) is 50.5 Å². The molecule has 2 heterocycles. The Balaban J connectivity index is 1.70. The molecule has 1 amide bonds. The molecule has 0 bridgehead atoms. The van der Waals surface area contributed by atoms with Crippen molar-refractivity contribution >= 4 is 29.2 Å². The molecule has 10 heteroatoms. The number of hydrogen-bond acceptors (Lipinski definition) is 6. The lowest BCUT2D eigenvalue weighted by Gasteiger charge is -2.07. The summed E-state index contributed by atoms with van der Waals surface area (Å²) < 4.78 is 13.2. The van der Waals surface area contributed by atoms with Crippen molar-refractivity contribution in [2.75, 3.05) is 12.4 Å². The van der Waals surface area contributed by atoms with Crippen molar-refractivity contribution in [1.82, 2.24) is 19.6 Å². The second-order valence-electron chi connectivity index (χ2n) is 5.85. The first-order valence-corrected chi connectivity index (χ1v) is 8.62. The van der Waals surface area contributed by atoms with Crippen molar-refractivity contribution in [1.29, 1.82) is 0 Å². The second kappa shape index (κ2) is 8.13. The van der Waals surface area contributed by atoms with Crippen molar-refractivity contribution < 1.29 is 19.1 Å². The third-order valence-corrected chi connectivity index (χ3v) is 4.11. The van der Waals surface area contributed by atoms with Crippen LogP contribution in [0.5, 0.6) is 5.75 Å². The lowest BCUT2D eigenvalue weighted by Crippen LogP contribution is -2.18. The maximum Gasteiger partial charge on any atom is 0.358 e. The Kier molecular flexibility index (Phi) is 5.65. The standard InChI is InChI=1S/C18H18ClN5O4/c1-11-15(16(18(26)27-3)23(2)21-11)20-17(25)14-7-8-24(22-14)10-28-13-6-4-5-12(19)9-13/h4-9H,10H2,1-3H3,(H,20,25). The van der Waals surface area contributed by atoms with Crippen LogP contribution in [0.2, 0.25) is 5.02 Å². The fourth-order valence-corrected chi connectivity index (χ4v) is 2.75. The topological polar surface area (TPSA) is 100 Å². The van der Waals surface area contributed by atoms with Gasteiger partial charge in [-0.25, -0.2) is 9.48 Å². The number of ether oxygens (including phenoxy) is 2. The molecule has 0 aliphatic heterocycles. The molecule has 146 valence electrons. The number of halogens is 1. The molecular formula is C18H18ClN5O4. The molecule has 3 rings (SSSR count). The van der Waals surface area contributed by atoms with E-state index in [0.717, 1.165) is 0 Å². The summed E-state index contributed by atoms with van der Waals surface area (Å²) in [5, 5.41) is 11.6. The summed E-state index contributed by atoms with van der Waals surface area (Å²) in [5.74, 6) is -0.496. The quantitative estimate of drug-likeness (QED) is 0.635.